The molecule has 1 N–H and O–H groups in total. The second kappa shape index (κ2) is 5.48. The van der Waals surface area contributed by atoms with E-state index in [1.807, 2.05) is 6.20 Å². The first-order chi connectivity index (χ1) is 7.77. The van der Waals surface area contributed by atoms with Gasteiger partial charge in [-0.25, -0.2) is 4.98 Å². The van der Waals surface area contributed by atoms with Crippen molar-refractivity contribution in [2.75, 3.05) is 6.54 Å². The highest BCUT2D eigenvalue weighted by molar-refractivity contribution is 4.88. The predicted molar refractivity (Wildman–Crippen MR) is 66.4 cm³/mol. The molecule has 0 amide bonds. The van der Waals surface area contributed by atoms with E-state index < -0.39 is 0 Å². The first-order valence-electron chi connectivity index (χ1n) is 6.48. The zero-order chi connectivity index (χ0) is 11.4. The van der Waals surface area contributed by atoms with Crippen molar-refractivity contribution < 1.29 is 0 Å². The van der Waals surface area contributed by atoms with Crippen LogP contribution in [0.15, 0.2) is 12.4 Å². The maximum atomic E-state index is 4.23. The number of aryl methyl sites for hydroxylation is 1. The van der Waals surface area contributed by atoms with E-state index in [1.165, 1.54) is 25.7 Å². The van der Waals surface area contributed by atoms with E-state index in [1.54, 1.807) is 0 Å². The monoisotopic (exact) mass is 221 g/mol. The highest BCUT2D eigenvalue weighted by Crippen LogP contribution is 2.27. The predicted octanol–water partition coefficient (Wildman–Crippen LogP) is 2.36. The van der Waals surface area contributed by atoms with Crippen molar-refractivity contribution in [3.05, 3.63) is 18.2 Å². The molecule has 0 bridgehead atoms. The topological polar surface area (TPSA) is 29.9 Å². The first-order valence-corrected chi connectivity index (χ1v) is 6.48. The first kappa shape index (κ1) is 11.6. The van der Waals surface area contributed by atoms with E-state index in [9.17, 15) is 0 Å². The van der Waals surface area contributed by atoms with Gasteiger partial charge >= 0.3 is 0 Å². The third-order valence-electron chi connectivity index (χ3n) is 3.85. The fourth-order valence-electron chi connectivity index (χ4n) is 2.68. The highest BCUT2D eigenvalue weighted by Gasteiger charge is 2.20. The largest absolute Gasteiger partial charge is 0.334 e. The Kier molecular flexibility index (Phi) is 3.99. The lowest BCUT2D eigenvalue weighted by Gasteiger charge is -2.20. The molecule has 1 heterocycles. The van der Waals surface area contributed by atoms with Crippen LogP contribution in [-0.2, 0) is 6.54 Å². The molecule has 0 radical (unpaired) electrons. The van der Waals surface area contributed by atoms with Crippen LogP contribution in [0.4, 0.5) is 0 Å². The van der Waals surface area contributed by atoms with Gasteiger partial charge in [-0.2, -0.15) is 0 Å². The zero-order valence-corrected chi connectivity index (χ0v) is 10.4. The number of aromatic nitrogens is 2. The van der Waals surface area contributed by atoms with Gasteiger partial charge in [0.05, 0.1) is 0 Å². The molecule has 1 aromatic heterocycles. The number of imidazole rings is 1. The molecule has 90 valence electrons. The van der Waals surface area contributed by atoms with Crippen LogP contribution in [-0.4, -0.2) is 22.1 Å². The van der Waals surface area contributed by atoms with Crippen molar-refractivity contribution in [1.82, 2.24) is 14.9 Å². The minimum absolute atomic E-state index is 0.673. The second-order valence-corrected chi connectivity index (χ2v) is 4.96. The summed E-state index contributed by atoms with van der Waals surface area (Å²) >= 11 is 0. The van der Waals surface area contributed by atoms with E-state index in [2.05, 4.69) is 34.9 Å². The number of nitrogens with one attached hydrogen (secondary N) is 1. The van der Waals surface area contributed by atoms with Crippen LogP contribution in [0, 0.1) is 12.8 Å². The Morgan fingerprint density at radius 3 is 2.88 bits per heavy atom. The van der Waals surface area contributed by atoms with Crippen LogP contribution >= 0.6 is 0 Å². The molecular weight excluding hydrogens is 198 g/mol. The second-order valence-electron chi connectivity index (χ2n) is 4.96. The van der Waals surface area contributed by atoms with Gasteiger partial charge < -0.3 is 9.88 Å². The summed E-state index contributed by atoms with van der Waals surface area (Å²) in [6.07, 6.45) is 9.61. The van der Waals surface area contributed by atoms with Gasteiger partial charge in [0.15, 0.2) is 0 Å². The molecule has 1 saturated carbocycles. The average molecular weight is 221 g/mol. The summed E-state index contributed by atoms with van der Waals surface area (Å²) in [6.45, 7) is 6.47. The Morgan fingerprint density at radius 1 is 1.50 bits per heavy atom. The summed E-state index contributed by atoms with van der Waals surface area (Å²) in [5.74, 6) is 2.01. The summed E-state index contributed by atoms with van der Waals surface area (Å²) in [5.41, 5.74) is 0. The van der Waals surface area contributed by atoms with Crippen molar-refractivity contribution >= 4 is 0 Å². The van der Waals surface area contributed by atoms with Gasteiger partial charge in [0.2, 0.25) is 0 Å². The SMILES string of the molecule is Cc1nccn1CCN[C@@H](C)C1CCCC1. The lowest BCUT2D eigenvalue weighted by atomic mass is 10.00. The van der Waals surface area contributed by atoms with Crippen molar-refractivity contribution in [2.45, 2.75) is 52.1 Å². The van der Waals surface area contributed by atoms with Gasteiger partial charge in [-0.1, -0.05) is 12.8 Å². The van der Waals surface area contributed by atoms with Crippen LogP contribution in [0.3, 0.4) is 0 Å². The van der Waals surface area contributed by atoms with Gasteiger partial charge in [-0.3, -0.25) is 0 Å². The fraction of sp³-hybridized carbons (Fsp3) is 0.769. The molecule has 1 fully saturated rings. The Morgan fingerprint density at radius 2 is 2.25 bits per heavy atom. The molecule has 3 nitrogen and oxygen atoms in total. The highest BCUT2D eigenvalue weighted by atomic mass is 15.1. The zero-order valence-electron chi connectivity index (χ0n) is 10.4. The lowest BCUT2D eigenvalue weighted by molar-refractivity contribution is 0.375. The number of hydrogen-bond donors (Lipinski definition) is 1. The third kappa shape index (κ3) is 2.85. The van der Waals surface area contributed by atoms with Crippen molar-refractivity contribution in [3.8, 4) is 0 Å². The van der Waals surface area contributed by atoms with E-state index in [4.69, 9.17) is 0 Å². The van der Waals surface area contributed by atoms with Crippen LogP contribution in [0.5, 0.6) is 0 Å². The minimum atomic E-state index is 0.673. The molecule has 0 aromatic carbocycles. The lowest BCUT2D eigenvalue weighted by Crippen LogP contribution is -2.34. The van der Waals surface area contributed by atoms with E-state index >= 15 is 0 Å². The molecule has 0 spiro atoms. The van der Waals surface area contributed by atoms with E-state index in [0.29, 0.717) is 6.04 Å². The Bertz CT molecular complexity index is 313. The summed E-state index contributed by atoms with van der Waals surface area (Å²) in [6, 6.07) is 0.673. The summed E-state index contributed by atoms with van der Waals surface area (Å²) in [7, 11) is 0. The fourth-order valence-corrected chi connectivity index (χ4v) is 2.68. The Hall–Kier alpha value is -0.830. The van der Waals surface area contributed by atoms with Gasteiger partial charge in [0, 0.05) is 31.5 Å². The molecule has 0 aliphatic heterocycles. The maximum absolute atomic E-state index is 4.23. The number of nitrogens with zero attached hydrogens (tertiary/aromatic N) is 2. The summed E-state index contributed by atoms with van der Waals surface area (Å²) in [4.78, 5) is 4.23. The quantitative estimate of drug-likeness (QED) is 0.827. The van der Waals surface area contributed by atoms with Gasteiger partial charge in [-0.05, 0) is 32.6 Å². The molecule has 0 unspecified atom stereocenters. The van der Waals surface area contributed by atoms with E-state index in [0.717, 1.165) is 24.8 Å². The van der Waals surface area contributed by atoms with Crippen molar-refractivity contribution in [2.24, 2.45) is 5.92 Å². The van der Waals surface area contributed by atoms with Crippen LogP contribution < -0.4 is 5.32 Å². The third-order valence-corrected chi connectivity index (χ3v) is 3.85. The minimum Gasteiger partial charge on any atom is -0.334 e. The van der Waals surface area contributed by atoms with Crippen LogP contribution in [0.2, 0.25) is 0 Å². The van der Waals surface area contributed by atoms with Gasteiger partial charge in [-0.15, -0.1) is 0 Å². The summed E-state index contributed by atoms with van der Waals surface area (Å²) in [5, 5.41) is 3.64. The standard InChI is InChI=1S/C13H23N3/c1-11(13-5-3-4-6-13)14-7-9-16-10-8-15-12(16)2/h8,10-11,13-14H,3-7,9H2,1-2H3/t11-/m0/s1. The summed E-state index contributed by atoms with van der Waals surface area (Å²) < 4.78 is 2.20. The molecule has 1 aliphatic carbocycles. The van der Waals surface area contributed by atoms with Crippen LogP contribution in [0.25, 0.3) is 0 Å². The number of rotatable bonds is 5. The van der Waals surface area contributed by atoms with Crippen molar-refractivity contribution in [1.29, 1.82) is 0 Å². The molecule has 0 saturated heterocycles. The average Bonchev–Trinajstić information content (AvgIpc) is 2.90. The van der Waals surface area contributed by atoms with Crippen molar-refractivity contribution in [3.63, 3.8) is 0 Å². The van der Waals surface area contributed by atoms with Gasteiger partial charge in [0.25, 0.3) is 0 Å². The molecular formula is C13H23N3. The van der Waals surface area contributed by atoms with Crippen LogP contribution in [0.1, 0.15) is 38.4 Å². The molecule has 16 heavy (non-hydrogen) atoms. The molecule has 1 aromatic rings. The Labute approximate surface area is 98.3 Å². The Balaban J connectivity index is 1.69. The van der Waals surface area contributed by atoms with E-state index in [-0.39, 0.29) is 0 Å². The van der Waals surface area contributed by atoms with Gasteiger partial charge in [0.1, 0.15) is 5.82 Å². The molecule has 1 aliphatic rings. The molecule has 2 rings (SSSR count). The number of hydrogen-bond acceptors (Lipinski definition) is 2. The molecule has 1 atom stereocenters. The molecule has 3 heteroatoms. The maximum Gasteiger partial charge on any atom is 0.105 e. The smallest absolute Gasteiger partial charge is 0.105 e. The normalized spacial score (nSPS) is 19.1.